The van der Waals surface area contributed by atoms with E-state index >= 15 is 0 Å². The van der Waals surface area contributed by atoms with Gasteiger partial charge in [-0.1, -0.05) is 32.9 Å². The predicted molar refractivity (Wildman–Crippen MR) is 108 cm³/mol. The lowest BCUT2D eigenvalue weighted by Gasteiger charge is -2.05. The number of para-hydroxylation sites is 1. The van der Waals surface area contributed by atoms with Crippen molar-refractivity contribution >= 4 is 28.5 Å². The number of carbonyl (C=O) groups is 1. The van der Waals surface area contributed by atoms with E-state index in [-0.39, 0.29) is 23.2 Å². The number of nitrogens with zero attached hydrogens (tertiary/aromatic N) is 1. The van der Waals surface area contributed by atoms with Crippen LogP contribution in [0, 0.1) is 5.92 Å². The average molecular weight is 367 g/mol. The number of hydrogen-bond acceptors (Lipinski definition) is 5. The van der Waals surface area contributed by atoms with Gasteiger partial charge in [0.1, 0.15) is 11.5 Å². The largest absolute Gasteiger partial charge is 0.507 e. The number of furan rings is 1. The van der Waals surface area contributed by atoms with Crippen LogP contribution in [-0.4, -0.2) is 30.3 Å². The zero-order chi connectivity index (χ0) is 19.7. The number of allylic oxidation sites excluding steroid dienone is 2. The van der Waals surface area contributed by atoms with Crippen molar-refractivity contribution in [3.63, 3.8) is 0 Å². The summed E-state index contributed by atoms with van der Waals surface area (Å²) in [6, 6.07) is 5.63. The number of rotatable bonds is 2. The Morgan fingerprint density at radius 3 is 2.67 bits per heavy atom. The number of aliphatic hydroxyl groups excluding tert-OH is 1. The van der Waals surface area contributed by atoms with Crippen LogP contribution in [-0.2, 0) is 11.2 Å². The maximum absolute atomic E-state index is 11.6. The Labute approximate surface area is 159 Å². The molecule has 2 aromatic rings. The molecule has 4 rings (SSSR count). The van der Waals surface area contributed by atoms with Crippen LogP contribution in [0.2, 0.25) is 0 Å². The third-order valence-electron chi connectivity index (χ3n) is 4.35. The van der Waals surface area contributed by atoms with E-state index in [0.717, 1.165) is 22.4 Å². The lowest BCUT2D eigenvalue weighted by molar-refractivity contribution is -0.113. The highest BCUT2D eigenvalue weighted by atomic mass is 16.5. The van der Waals surface area contributed by atoms with Crippen LogP contribution >= 0.6 is 0 Å². The summed E-state index contributed by atoms with van der Waals surface area (Å²) in [6.45, 7) is 7.91. The zero-order valence-electron chi connectivity index (χ0n) is 16.4. The van der Waals surface area contributed by atoms with Gasteiger partial charge in [0.05, 0.1) is 18.7 Å². The Morgan fingerprint density at radius 2 is 2.04 bits per heavy atom. The number of ether oxygens (including phenoxy) is 1. The summed E-state index contributed by atoms with van der Waals surface area (Å²) in [5.74, 6) is 1.94. The molecule has 0 radical (unpaired) electrons. The number of methoxy groups -OCH3 is 1. The first kappa shape index (κ1) is 19.0. The van der Waals surface area contributed by atoms with Gasteiger partial charge in [0, 0.05) is 29.2 Å². The summed E-state index contributed by atoms with van der Waals surface area (Å²) < 4.78 is 11.4. The number of carbonyl (C=O) groups excluding carboxylic acids is 1. The Bertz CT molecular complexity index is 973. The molecule has 0 amide bonds. The highest BCUT2D eigenvalue weighted by Gasteiger charge is 2.34. The Hall–Kier alpha value is -2.82. The molecule has 5 nitrogen and oxygen atoms in total. The summed E-state index contributed by atoms with van der Waals surface area (Å²) in [4.78, 5) is 16.0. The lowest BCUT2D eigenvalue weighted by atomic mass is 10.1. The van der Waals surface area contributed by atoms with Crippen LogP contribution in [0.5, 0.6) is 5.75 Å². The molecule has 1 unspecified atom stereocenters. The molecule has 142 valence electrons. The maximum atomic E-state index is 11.6. The summed E-state index contributed by atoms with van der Waals surface area (Å²) in [6.07, 6.45) is 3.73. The number of aliphatic hydroxyl groups is 1. The third kappa shape index (κ3) is 3.54. The van der Waals surface area contributed by atoms with Gasteiger partial charge in [0.25, 0.3) is 0 Å². The molecule has 0 saturated carbocycles. The average Bonchev–Trinajstić information content (AvgIpc) is 3.05. The van der Waals surface area contributed by atoms with Crippen molar-refractivity contribution in [2.45, 2.75) is 40.2 Å². The molecule has 0 spiro atoms. The van der Waals surface area contributed by atoms with Crippen molar-refractivity contribution in [3.05, 3.63) is 46.9 Å². The van der Waals surface area contributed by atoms with Crippen molar-refractivity contribution in [1.29, 1.82) is 0 Å². The quantitative estimate of drug-likeness (QED) is 0.820. The summed E-state index contributed by atoms with van der Waals surface area (Å²) in [5, 5.41) is 11.2. The van der Waals surface area contributed by atoms with E-state index in [1.807, 2.05) is 18.2 Å². The van der Waals surface area contributed by atoms with E-state index in [4.69, 9.17) is 9.15 Å². The molecule has 5 heteroatoms. The fourth-order valence-corrected chi connectivity index (χ4v) is 3.22. The second-order valence-corrected chi connectivity index (χ2v) is 7.43. The monoisotopic (exact) mass is 367 g/mol. The van der Waals surface area contributed by atoms with Crippen molar-refractivity contribution < 1.29 is 19.1 Å². The number of aliphatic imine (C=N–C) groups is 1. The fraction of sp³-hybridized carbons (Fsp3) is 0.364. The van der Waals surface area contributed by atoms with Crippen LogP contribution in [0.25, 0.3) is 16.5 Å². The standard InChI is InChI=1S/C18H15NO4.C4H10/c1-9(20)13-8-19-14-6-11-10-4-3-5-16(22-2)18(10)23-17(11)12(14)7-15(13)21;1-4(2)3/h3-5,7-8,14,21H,6H2,1-2H3;4H,1-3H3. The number of benzene rings is 1. The van der Waals surface area contributed by atoms with Crippen LogP contribution in [0.3, 0.4) is 0 Å². The van der Waals surface area contributed by atoms with E-state index in [0.29, 0.717) is 23.5 Å². The Kier molecular flexibility index (Phi) is 5.22. The molecule has 1 N–H and O–H groups in total. The van der Waals surface area contributed by atoms with Gasteiger partial charge in [-0.3, -0.25) is 9.79 Å². The molecule has 1 aromatic heterocycles. The molecular formula is C22H25NO4. The molecule has 27 heavy (non-hydrogen) atoms. The van der Waals surface area contributed by atoms with Gasteiger partial charge in [-0.05, 0) is 25.0 Å². The first-order valence-corrected chi connectivity index (χ1v) is 9.11. The predicted octanol–water partition coefficient (Wildman–Crippen LogP) is 4.90. The second kappa shape index (κ2) is 7.43. The summed E-state index contributed by atoms with van der Waals surface area (Å²) in [5.41, 5.74) is 2.78. The first-order valence-electron chi connectivity index (χ1n) is 9.11. The minimum Gasteiger partial charge on any atom is -0.507 e. The molecular weight excluding hydrogens is 342 g/mol. The molecule has 0 bridgehead atoms. The normalized spacial score (nSPS) is 17.9. The highest BCUT2D eigenvalue weighted by Crippen LogP contribution is 2.44. The molecule has 1 aliphatic carbocycles. The third-order valence-corrected chi connectivity index (χ3v) is 4.35. The van der Waals surface area contributed by atoms with Gasteiger partial charge >= 0.3 is 0 Å². The van der Waals surface area contributed by atoms with Gasteiger partial charge in [0.2, 0.25) is 0 Å². The van der Waals surface area contributed by atoms with Crippen molar-refractivity contribution in [2.24, 2.45) is 10.9 Å². The summed E-state index contributed by atoms with van der Waals surface area (Å²) >= 11 is 0. The first-order chi connectivity index (χ1) is 12.8. The number of Topliss-reactive ketones (excluding diaryl/α,β-unsaturated/α-hetero) is 1. The van der Waals surface area contributed by atoms with Gasteiger partial charge in [0.15, 0.2) is 17.1 Å². The van der Waals surface area contributed by atoms with Crippen LogP contribution < -0.4 is 4.74 Å². The number of hydrogen-bond donors (Lipinski definition) is 1. The molecule has 0 saturated heterocycles. The van der Waals surface area contributed by atoms with Crippen LogP contribution in [0.4, 0.5) is 0 Å². The van der Waals surface area contributed by atoms with Gasteiger partial charge in [-0.2, -0.15) is 0 Å². The van der Waals surface area contributed by atoms with Crippen LogP contribution in [0.1, 0.15) is 39.0 Å². The highest BCUT2D eigenvalue weighted by molar-refractivity contribution is 6.14. The van der Waals surface area contributed by atoms with Gasteiger partial charge in [-0.25, -0.2) is 0 Å². The van der Waals surface area contributed by atoms with E-state index < -0.39 is 0 Å². The fourth-order valence-electron chi connectivity index (χ4n) is 3.22. The molecule has 2 aliphatic rings. The van der Waals surface area contributed by atoms with E-state index in [2.05, 4.69) is 25.8 Å². The van der Waals surface area contributed by atoms with Crippen molar-refractivity contribution in [2.75, 3.05) is 7.11 Å². The minimum atomic E-state index is -0.213. The van der Waals surface area contributed by atoms with Crippen LogP contribution in [0.15, 0.2) is 45.0 Å². The smallest absolute Gasteiger partial charge is 0.176 e. The SMILES string of the molecule is CC(C)C.COc1cccc2c3c(oc12)C1=CC(O)=C(C(C)=O)C=NC1C3. The van der Waals surface area contributed by atoms with E-state index in [1.54, 1.807) is 13.2 Å². The second-order valence-electron chi connectivity index (χ2n) is 7.43. The topological polar surface area (TPSA) is 72.0 Å². The zero-order valence-corrected chi connectivity index (χ0v) is 16.4. The number of fused-ring (bicyclic) bond motifs is 5. The molecule has 1 aromatic carbocycles. The molecule has 0 fully saturated rings. The minimum absolute atomic E-state index is 0.0704. The van der Waals surface area contributed by atoms with Gasteiger partial charge in [-0.15, -0.1) is 0 Å². The van der Waals surface area contributed by atoms with Crippen molar-refractivity contribution in [1.82, 2.24) is 0 Å². The van der Waals surface area contributed by atoms with E-state index in [1.165, 1.54) is 13.1 Å². The van der Waals surface area contributed by atoms with E-state index in [9.17, 15) is 9.90 Å². The van der Waals surface area contributed by atoms with Crippen molar-refractivity contribution in [3.8, 4) is 5.75 Å². The Balaban J connectivity index is 0.000000481. The number of ketones is 1. The summed E-state index contributed by atoms with van der Waals surface area (Å²) in [7, 11) is 1.61. The van der Waals surface area contributed by atoms with Gasteiger partial charge < -0.3 is 14.3 Å². The Morgan fingerprint density at radius 1 is 1.33 bits per heavy atom. The lowest BCUT2D eigenvalue weighted by Crippen LogP contribution is -2.04. The molecule has 2 heterocycles. The maximum Gasteiger partial charge on any atom is 0.176 e. The molecule has 1 aliphatic heterocycles. The molecule has 1 atom stereocenters.